The molecule has 0 spiro atoms. The highest BCUT2D eigenvalue weighted by molar-refractivity contribution is 7.99. The van der Waals surface area contributed by atoms with Crippen LogP contribution in [0.2, 0.25) is 0 Å². The second-order valence-corrected chi connectivity index (χ2v) is 5.39. The Hall–Kier alpha value is -1.35. The van der Waals surface area contributed by atoms with Crippen molar-refractivity contribution in [1.82, 2.24) is 9.97 Å². The molecule has 0 aliphatic carbocycles. The molecule has 0 bridgehead atoms. The van der Waals surface area contributed by atoms with Gasteiger partial charge >= 0.3 is 0 Å². The average molecular weight is 244 g/mol. The summed E-state index contributed by atoms with van der Waals surface area (Å²) in [5, 5.41) is 1.41. The van der Waals surface area contributed by atoms with Crippen LogP contribution in [-0.4, -0.2) is 15.2 Å². The molecule has 3 heteroatoms. The van der Waals surface area contributed by atoms with Gasteiger partial charge < -0.3 is 0 Å². The van der Waals surface area contributed by atoms with E-state index in [4.69, 9.17) is 0 Å². The van der Waals surface area contributed by atoms with Gasteiger partial charge in [0.2, 0.25) is 0 Å². The molecular weight excluding hydrogens is 228 g/mol. The van der Waals surface area contributed by atoms with E-state index < -0.39 is 0 Å². The SMILES string of the molecule is C[C@H](CCc1ccccc1)Sc1ncccn1. The molecule has 88 valence electrons. The van der Waals surface area contributed by atoms with E-state index >= 15 is 0 Å². The van der Waals surface area contributed by atoms with E-state index in [0.717, 1.165) is 18.0 Å². The first-order valence-corrected chi connectivity index (χ1v) is 6.70. The normalized spacial score (nSPS) is 12.3. The predicted octanol–water partition coefficient (Wildman–Crippen LogP) is 3.59. The molecule has 0 radical (unpaired) electrons. The lowest BCUT2D eigenvalue weighted by Crippen LogP contribution is -2.00. The lowest BCUT2D eigenvalue weighted by atomic mass is 10.1. The standard InChI is InChI=1S/C14H16N2S/c1-12(17-14-15-10-5-11-16-14)8-9-13-6-3-2-4-7-13/h2-7,10-12H,8-9H2,1H3/t12-/m1/s1. The molecule has 0 fully saturated rings. The van der Waals surface area contributed by atoms with Gasteiger partial charge in [-0.2, -0.15) is 0 Å². The van der Waals surface area contributed by atoms with Gasteiger partial charge in [-0.25, -0.2) is 9.97 Å². The van der Waals surface area contributed by atoms with Gasteiger partial charge in [-0.3, -0.25) is 0 Å². The highest BCUT2D eigenvalue weighted by Crippen LogP contribution is 2.22. The summed E-state index contributed by atoms with van der Waals surface area (Å²) >= 11 is 1.74. The van der Waals surface area contributed by atoms with Gasteiger partial charge in [-0.1, -0.05) is 49.0 Å². The van der Waals surface area contributed by atoms with Crippen molar-refractivity contribution < 1.29 is 0 Å². The summed E-state index contributed by atoms with van der Waals surface area (Å²) in [7, 11) is 0. The van der Waals surface area contributed by atoms with Gasteiger partial charge in [-0.15, -0.1) is 0 Å². The van der Waals surface area contributed by atoms with Crippen molar-refractivity contribution in [3.63, 3.8) is 0 Å². The quantitative estimate of drug-likeness (QED) is 0.594. The Balaban J connectivity index is 1.80. The molecule has 1 atom stereocenters. The van der Waals surface area contributed by atoms with Gasteiger partial charge in [-0.05, 0) is 24.5 Å². The Morgan fingerprint density at radius 2 is 1.76 bits per heavy atom. The Morgan fingerprint density at radius 1 is 1.06 bits per heavy atom. The van der Waals surface area contributed by atoms with Crippen molar-refractivity contribution in [3.05, 3.63) is 54.4 Å². The maximum Gasteiger partial charge on any atom is 0.187 e. The van der Waals surface area contributed by atoms with Crippen molar-refractivity contribution in [1.29, 1.82) is 0 Å². The first kappa shape index (κ1) is 12.1. The average Bonchev–Trinajstić information content (AvgIpc) is 2.39. The summed E-state index contributed by atoms with van der Waals surface area (Å²) in [6, 6.07) is 12.4. The summed E-state index contributed by atoms with van der Waals surface area (Å²) < 4.78 is 0. The third kappa shape index (κ3) is 4.19. The maximum absolute atomic E-state index is 4.23. The van der Waals surface area contributed by atoms with E-state index in [1.54, 1.807) is 24.2 Å². The van der Waals surface area contributed by atoms with Crippen LogP contribution in [0.3, 0.4) is 0 Å². The van der Waals surface area contributed by atoms with Gasteiger partial charge in [0, 0.05) is 17.6 Å². The fraction of sp³-hybridized carbons (Fsp3) is 0.286. The molecule has 0 unspecified atom stereocenters. The van der Waals surface area contributed by atoms with Crippen LogP contribution in [0, 0.1) is 0 Å². The topological polar surface area (TPSA) is 25.8 Å². The Bertz CT molecular complexity index is 430. The van der Waals surface area contributed by atoms with Gasteiger partial charge in [0.15, 0.2) is 5.16 Å². The largest absolute Gasteiger partial charge is 0.231 e. The predicted molar refractivity (Wildman–Crippen MR) is 72.1 cm³/mol. The first-order valence-electron chi connectivity index (χ1n) is 5.82. The fourth-order valence-corrected chi connectivity index (χ4v) is 2.44. The Kier molecular flexibility index (Phi) is 4.56. The number of hydrogen-bond acceptors (Lipinski definition) is 3. The molecule has 0 aliphatic heterocycles. The minimum Gasteiger partial charge on any atom is -0.231 e. The molecule has 1 heterocycles. The molecule has 2 nitrogen and oxygen atoms in total. The molecule has 2 aromatic rings. The summed E-state index contributed by atoms with van der Waals surface area (Å²) in [4.78, 5) is 8.45. The van der Waals surface area contributed by atoms with Crippen molar-refractivity contribution in [2.24, 2.45) is 0 Å². The van der Waals surface area contributed by atoms with E-state index in [1.165, 1.54) is 5.56 Å². The zero-order chi connectivity index (χ0) is 11.9. The van der Waals surface area contributed by atoms with Crippen molar-refractivity contribution >= 4 is 11.8 Å². The third-order valence-corrected chi connectivity index (χ3v) is 3.59. The highest BCUT2D eigenvalue weighted by atomic mass is 32.2. The van der Waals surface area contributed by atoms with E-state index in [-0.39, 0.29) is 0 Å². The number of aryl methyl sites for hydroxylation is 1. The highest BCUT2D eigenvalue weighted by Gasteiger charge is 2.06. The molecule has 0 N–H and O–H groups in total. The lowest BCUT2D eigenvalue weighted by Gasteiger charge is -2.09. The van der Waals surface area contributed by atoms with Crippen molar-refractivity contribution in [2.75, 3.05) is 0 Å². The second-order valence-electron chi connectivity index (χ2n) is 3.98. The van der Waals surface area contributed by atoms with Crippen LogP contribution >= 0.6 is 11.8 Å². The lowest BCUT2D eigenvalue weighted by molar-refractivity contribution is 0.804. The molecule has 0 saturated carbocycles. The number of thioether (sulfide) groups is 1. The molecule has 1 aromatic heterocycles. The smallest absolute Gasteiger partial charge is 0.187 e. The molecule has 0 saturated heterocycles. The van der Waals surface area contributed by atoms with Crippen LogP contribution in [-0.2, 0) is 6.42 Å². The van der Waals surface area contributed by atoms with E-state index in [2.05, 4.69) is 47.2 Å². The number of aromatic nitrogens is 2. The van der Waals surface area contributed by atoms with E-state index in [1.807, 2.05) is 6.07 Å². The Morgan fingerprint density at radius 3 is 2.47 bits per heavy atom. The summed E-state index contributed by atoms with van der Waals surface area (Å²) in [5.74, 6) is 0. The molecule has 1 aromatic carbocycles. The monoisotopic (exact) mass is 244 g/mol. The van der Waals surface area contributed by atoms with Crippen LogP contribution in [0.4, 0.5) is 0 Å². The molecular formula is C14H16N2S. The number of benzene rings is 1. The van der Waals surface area contributed by atoms with Gasteiger partial charge in [0.05, 0.1) is 0 Å². The molecule has 17 heavy (non-hydrogen) atoms. The van der Waals surface area contributed by atoms with Crippen LogP contribution in [0.1, 0.15) is 18.9 Å². The molecule has 0 aliphatic rings. The summed E-state index contributed by atoms with van der Waals surface area (Å²) in [6.07, 6.45) is 5.84. The van der Waals surface area contributed by atoms with Crippen LogP contribution in [0.5, 0.6) is 0 Å². The first-order chi connectivity index (χ1) is 8.34. The van der Waals surface area contributed by atoms with Crippen LogP contribution in [0.25, 0.3) is 0 Å². The van der Waals surface area contributed by atoms with Gasteiger partial charge in [0.1, 0.15) is 0 Å². The Labute approximate surface area is 107 Å². The minimum atomic E-state index is 0.539. The second kappa shape index (κ2) is 6.40. The van der Waals surface area contributed by atoms with E-state index in [0.29, 0.717) is 5.25 Å². The third-order valence-electron chi connectivity index (χ3n) is 2.53. The zero-order valence-corrected chi connectivity index (χ0v) is 10.7. The maximum atomic E-state index is 4.23. The van der Waals surface area contributed by atoms with E-state index in [9.17, 15) is 0 Å². The van der Waals surface area contributed by atoms with Crippen LogP contribution < -0.4 is 0 Å². The fourth-order valence-electron chi connectivity index (χ4n) is 1.60. The zero-order valence-electron chi connectivity index (χ0n) is 9.91. The molecule has 2 rings (SSSR count). The summed E-state index contributed by atoms with van der Waals surface area (Å²) in [5.41, 5.74) is 1.40. The van der Waals surface area contributed by atoms with Crippen molar-refractivity contribution in [2.45, 2.75) is 30.2 Å². The number of nitrogens with zero attached hydrogens (tertiary/aromatic N) is 2. The van der Waals surface area contributed by atoms with Crippen molar-refractivity contribution in [3.8, 4) is 0 Å². The van der Waals surface area contributed by atoms with Gasteiger partial charge in [0.25, 0.3) is 0 Å². The minimum absolute atomic E-state index is 0.539. The van der Waals surface area contributed by atoms with Crippen LogP contribution in [0.15, 0.2) is 53.9 Å². The number of hydrogen-bond donors (Lipinski definition) is 0. The molecule has 0 amide bonds. The number of rotatable bonds is 5. The summed E-state index contributed by atoms with van der Waals surface area (Å²) in [6.45, 7) is 2.23.